The fourth-order valence-corrected chi connectivity index (χ4v) is 2.78. The van der Waals surface area contributed by atoms with Gasteiger partial charge in [0, 0.05) is 30.3 Å². The Balaban J connectivity index is 2.01. The van der Waals surface area contributed by atoms with Crippen LogP contribution in [-0.2, 0) is 0 Å². The number of hydrogen-bond acceptors (Lipinski definition) is 4. The van der Waals surface area contributed by atoms with Gasteiger partial charge in [-0.25, -0.2) is 9.97 Å². The van der Waals surface area contributed by atoms with Crippen LogP contribution in [0.4, 0.5) is 5.82 Å². The predicted octanol–water partition coefficient (Wildman–Crippen LogP) is 3.27. The number of aromatic nitrogens is 2. The van der Waals surface area contributed by atoms with Crippen LogP contribution < -0.4 is 10.2 Å². The first kappa shape index (κ1) is 16.4. The molecular formula is C19H24N4O. The fraction of sp³-hybridized carbons (Fsp3) is 0.421. The molecule has 3 rings (SSSR count). The minimum absolute atomic E-state index is 0.164. The van der Waals surface area contributed by atoms with Crippen molar-refractivity contribution in [2.75, 3.05) is 18.0 Å². The molecule has 1 fully saturated rings. The normalized spacial score (nSPS) is 14.7. The van der Waals surface area contributed by atoms with Crippen LogP contribution in [0.5, 0.6) is 0 Å². The molecule has 2 heterocycles. The quantitative estimate of drug-likeness (QED) is 0.941. The predicted molar refractivity (Wildman–Crippen MR) is 96.1 cm³/mol. The van der Waals surface area contributed by atoms with Crippen LogP contribution in [0.3, 0.4) is 0 Å². The van der Waals surface area contributed by atoms with Gasteiger partial charge in [0.15, 0.2) is 5.82 Å². The average molecular weight is 324 g/mol. The Bertz CT molecular complexity index is 716. The van der Waals surface area contributed by atoms with Crippen molar-refractivity contribution in [1.82, 2.24) is 15.3 Å². The summed E-state index contributed by atoms with van der Waals surface area (Å²) in [5.74, 6) is 1.27. The summed E-state index contributed by atoms with van der Waals surface area (Å²) in [6.07, 6.45) is 2.32. The van der Waals surface area contributed by atoms with Gasteiger partial charge in [0.1, 0.15) is 11.5 Å². The lowest BCUT2D eigenvalue weighted by Crippen LogP contribution is -2.41. The van der Waals surface area contributed by atoms with Crippen LogP contribution in [0.25, 0.3) is 11.4 Å². The zero-order valence-electron chi connectivity index (χ0n) is 14.5. The minimum atomic E-state index is -0.303. The van der Waals surface area contributed by atoms with E-state index < -0.39 is 0 Å². The highest BCUT2D eigenvalue weighted by molar-refractivity contribution is 5.94. The highest BCUT2D eigenvalue weighted by Gasteiger charge is 2.21. The molecule has 0 saturated carbocycles. The lowest BCUT2D eigenvalue weighted by atomic mass is 10.1. The lowest BCUT2D eigenvalue weighted by Gasteiger charge is -2.22. The maximum atomic E-state index is 12.6. The summed E-state index contributed by atoms with van der Waals surface area (Å²) >= 11 is 0. The molecule has 1 saturated heterocycles. The van der Waals surface area contributed by atoms with Gasteiger partial charge in [-0.2, -0.15) is 0 Å². The van der Waals surface area contributed by atoms with Crippen molar-refractivity contribution in [2.24, 2.45) is 0 Å². The molecule has 0 unspecified atom stereocenters. The van der Waals surface area contributed by atoms with Crippen LogP contribution in [0, 0.1) is 0 Å². The van der Waals surface area contributed by atoms with Crippen LogP contribution in [-0.4, -0.2) is 34.5 Å². The Labute approximate surface area is 143 Å². The van der Waals surface area contributed by atoms with Gasteiger partial charge in [-0.3, -0.25) is 4.79 Å². The topological polar surface area (TPSA) is 58.1 Å². The van der Waals surface area contributed by atoms with Crippen LogP contribution in [0.1, 0.15) is 44.1 Å². The number of anilines is 1. The number of carbonyl (C=O) groups excluding carboxylic acids is 1. The Morgan fingerprint density at radius 3 is 2.38 bits per heavy atom. The van der Waals surface area contributed by atoms with Crippen molar-refractivity contribution in [3.05, 3.63) is 42.1 Å². The van der Waals surface area contributed by atoms with Crippen LogP contribution in [0.15, 0.2) is 36.4 Å². The number of carbonyl (C=O) groups is 1. The van der Waals surface area contributed by atoms with Gasteiger partial charge in [-0.1, -0.05) is 30.3 Å². The third kappa shape index (κ3) is 3.91. The van der Waals surface area contributed by atoms with Crippen LogP contribution in [0.2, 0.25) is 0 Å². The molecule has 0 aliphatic carbocycles. The molecule has 1 N–H and O–H groups in total. The van der Waals surface area contributed by atoms with E-state index in [1.54, 1.807) is 6.07 Å². The van der Waals surface area contributed by atoms with E-state index in [-0.39, 0.29) is 11.4 Å². The Morgan fingerprint density at radius 2 is 1.75 bits per heavy atom. The van der Waals surface area contributed by atoms with Crippen molar-refractivity contribution in [2.45, 2.75) is 39.2 Å². The number of nitrogens with one attached hydrogen (secondary N) is 1. The first-order valence-electron chi connectivity index (χ1n) is 8.44. The second-order valence-electron chi connectivity index (χ2n) is 7.20. The molecule has 5 heteroatoms. The molecule has 0 radical (unpaired) electrons. The second-order valence-corrected chi connectivity index (χ2v) is 7.20. The van der Waals surface area contributed by atoms with Gasteiger partial charge in [-0.15, -0.1) is 0 Å². The van der Waals surface area contributed by atoms with Gasteiger partial charge in [0.05, 0.1) is 0 Å². The first-order valence-corrected chi connectivity index (χ1v) is 8.44. The number of amides is 1. The van der Waals surface area contributed by atoms with E-state index in [4.69, 9.17) is 4.98 Å². The maximum Gasteiger partial charge on any atom is 0.270 e. The van der Waals surface area contributed by atoms with E-state index in [9.17, 15) is 4.79 Å². The van der Waals surface area contributed by atoms with Crippen LogP contribution >= 0.6 is 0 Å². The Kier molecular flexibility index (Phi) is 4.51. The van der Waals surface area contributed by atoms with Crippen molar-refractivity contribution < 1.29 is 4.79 Å². The number of nitrogens with zero attached hydrogens (tertiary/aromatic N) is 3. The van der Waals surface area contributed by atoms with Crippen molar-refractivity contribution >= 4 is 11.7 Å². The third-order valence-corrected chi connectivity index (χ3v) is 3.90. The smallest absolute Gasteiger partial charge is 0.270 e. The van der Waals surface area contributed by atoms with Crippen molar-refractivity contribution in [3.8, 4) is 11.4 Å². The summed E-state index contributed by atoms with van der Waals surface area (Å²) < 4.78 is 0. The van der Waals surface area contributed by atoms with Gasteiger partial charge in [0.25, 0.3) is 5.91 Å². The molecule has 24 heavy (non-hydrogen) atoms. The van der Waals surface area contributed by atoms with Gasteiger partial charge < -0.3 is 10.2 Å². The van der Waals surface area contributed by atoms with E-state index in [2.05, 4.69) is 15.2 Å². The summed E-state index contributed by atoms with van der Waals surface area (Å²) in [5, 5.41) is 2.98. The minimum Gasteiger partial charge on any atom is -0.356 e. The fourth-order valence-electron chi connectivity index (χ4n) is 2.78. The molecule has 2 aromatic rings. The van der Waals surface area contributed by atoms with Crippen molar-refractivity contribution in [3.63, 3.8) is 0 Å². The summed E-state index contributed by atoms with van der Waals surface area (Å²) in [6, 6.07) is 11.6. The molecule has 1 aliphatic rings. The molecule has 0 bridgehead atoms. The summed E-state index contributed by atoms with van der Waals surface area (Å²) in [7, 11) is 0. The van der Waals surface area contributed by atoms with E-state index in [0.717, 1.165) is 37.3 Å². The Morgan fingerprint density at radius 1 is 1.08 bits per heavy atom. The molecule has 0 spiro atoms. The Hall–Kier alpha value is -2.43. The molecule has 0 atom stereocenters. The molecule has 1 aromatic carbocycles. The monoisotopic (exact) mass is 324 g/mol. The summed E-state index contributed by atoms with van der Waals surface area (Å²) in [5.41, 5.74) is 1.03. The molecule has 5 nitrogen and oxygen atoms in total. The number of benzene rings is 1. The van der Waals surface area contributed by atoms with E-state index >= 15 is 0 Å². The second kappa shape index (κ2) is 6.59. The molecule has 126 valence electrons. The SMILES string of the molecule is CC(C)(C)NC(=O)c1cc(N2CCCC2)nc(-c2ccccc2)n1. The molecule has 1 amide bonds. The molecular weight excluding hydrogens is 300 g/mol. The largest absolute Gasteiger partial charge is 0.356 e. The first-order chi connectivity index (χ1) is 11.4. The van der Waals surface area contributed by atoms with Gasteiger partial charge in [0.2, 0.25) is 0 Å². The third-order valence-electron chi connectivity index (χ3n) is 3.90. The van der Waals surface area contributed by atoms with E-state index in [1.165, 1.54) is 0 Å². The summed E-state index contributed by atoms with van der Waals surface area (Å²) in [6.45, 7) is 7.85. The zero-order valence-corrected chi connectivity index (χ0v) is 14.5. The summed E-state index contributed by atoms with van der Waals surface area (Å²) in [4.78, 5) is 24.0. The zero-order chi connectivity index (χ0) is 17.2. The highest BCUT2D eigenvalue weighted by Crippen LogP contribution is 2.23. The van der Waals surface area contributed by atoms with Gasteiger partial charge in [-0.05, 0) is 33.6 Å². The van der Waals surface area contributed by atoms with Crippen molar-refractivity contribution in [1.29, 1.82) is 0 Å². The lowest BCUT2D eigenvalue weighted by molar-refractivity contribution is 0.0914. The average Bonchev–Trinajstić information content (AvgIpc) is 3.08. The van der Waals surface area contributed by atoms with Gasteiger partial charge >= 0.3 is 0 Å². The standard InChI is InChI=1S/C19H24N4O/c1-19(2,3)22-18(24)15-13-16(23-11-7-8-12-23)21-17(20-15)14-9-5-4-6-10-14/h4-6,9-10,13H,7-8,11-12H2,1-3H3,(H,22,24). The maximum absolute atomic E-state index is 12.6. The van der Waals surface area contributed by atoms with E-state index in [1.807, 2.05) is 51.1 Å². The number of hydrogen-bond donors (Lipinski definition) is 1. The number of rotatable bonds is 3. The molecule has 1 aliphatic heterocycles. The highest BCUT2D eigenvalue weighted by atomic mass is 16.2. The van der Waals surface area contributed by atoms with E-state index in [0.29, 0.717) is 11.5 Å². The molecule has 1 aromatic heterocycles.